The lowest BCUT2D eigenvalue weighted by Crippen LogP contribution is -2.02. The molecule has 19 heavy (non-hydrogen) atoms. The first-order valence-corrected chi connectivity index (χ1v) is 5.49. The normalized spacial score (nSPS) is 10.5. The minimum Gasteiger partial charge on any atom is -0.475 e. The second-order valence-corrected chi connectivity index (χ2v) is 3.95. The molecule has 0 unspecified atom stereocenters. The van der Waals surface area contributed by atoms with Crippen molar-refractivity contribution in [1.82, 2.24) is 0 Å². The van der Waals surface area contributed by atoms with Crippen molar-refractivity contribution >= 4 is 11.7 Å². The number of hydrogen-bond acceptors (Lipinski definition) is 3. The number of halogens is 2. The molecule has 0 radical (unpaired) electrons. The van der Waals surface area contributed by atoms with Crippen LogP contribution in [0.5, 0.6) is 0 Å². The van der Waals surface area contributed by atoms with E-state index < -0.39 is 17.6 Å². The lowest BCUT2D eigenvalue weighted by molar-refractivity contribution is 0.0661. The predicted molar refractivity (Wildman–Crippen MR) is 64.1 cm³/mol. The standard InChI is InChI=1S/C13H11F2NO3/c1-7-8(5-11(19-7)13(17)18)6-16-10-4-2-3-9(14)12(10)15/h2-5,16H,6H2,1H3,(H,17,18). The summed E-state index contributed by atoms with van der Waals surface area (Å²) in [7, 11) is 0. The van der Waals surface area contributed by atoms with E-state index in [9.17, 15) is 13.6 Å². The summed E-state index contributed by atoms with van der Waals surface area (Å²) in [5.74, 6) is -2.86. The second kappa shape index (κ2) is 5.09. The molecule has 0 aliphatic carbocycles. The predicted octanol–water partition coefficient (Wildman–Crippen LogP) is 3.18. The Morgan fingerprint density at radius 2 is 2.16 bits per heavy atom. The van der Waals surface area contributed by atoms with Crippen LogP contribution < -0.4 is 5.32 Å². The number of aromatic carboxylic acids is 1. The molecule has 0 aliphatic heterocycles. The van der Waals surface area contributed by atoms with Crippen LogP contribution in [-0.2, 0) is 6.54 Å². The summed E-state index contributed by atoms with van der Waals surface area (Å²) in [5, 5.41) is 11.5. The van der Waals surface area contributed by atoms with Crippen molar-refractivity contribution in [3.05, 3.63) is 53.0 Å². The molecule has 0 atom stereocenters. The fraction of sp³-hybridized carbons (Fsp3) is 0.154. The number of rotatable bonds is 4. The van der Waals surface area contributed by atoms with Crippen LogP contribution in [0.2, 0.25) is 0 Å². The van der Waals surface area contributed by atoms with E-state index in [1.54, 1.807) is 6.92 Å². The first kappa shape index (κ1) is 13.1. The zero-order valence-electron chi connectivity index (χ0n) is 10.0. The number of carbonyl (C=O) groups is 1. The fourth-order valence-electron chi connectivity index (χ4n) is 1.63. The number of anilines is 1. The van der Waals surface area contributed by atoms with Gasteiger partial charge in [-0.05, 0) is 25.1 Å². The van der Waals surface area contributed by atoms with E-state index in [0.29, 0.717) is 11.3 Å². The third-order valence-corrected chi connectivity index (χ3v) is 2.65. The Bertz CT molecular complexity index is 622. The molecule has 0 fully saturated rings. The lowest BCUT2D eigenvalue weighted by atomic mass is 10.2. The number of carboxylic acid groups (broad SMARTS) is 1. The molecule has 0 bridgehead atoms. The molecule has 0 amide bonds. The average Bonchev–Trinajstić information content (AvgIpc) is 2.73. The topological polar surface area (TPSA) is 62.5 Å². The molecule has 4 nitrogen and oxygen atoms in total. The van der Waals surface area contributed by atoms with Gasteiger partial charge in [0.1, 0.15) is 5.76 Å². The molecule has 0 aliphatic rings. The Morgan fingerprint density at radius 3 is 2.79 bits per heavy atom. The van der Waals surface area contributed by atoms with E-state index in [1.807, 2.05) is 0 Å². The molecular weight excluding hydrogens is 256 g/mol. The Morgan fingerprint density at radius 1 is 1.42 bits per heavy atom. The van der Waals surface area contributed by atoms with Gasteiger partial charge in [-0.25, -0.2) is 13.6 Å². The number of nitrogens with one attached hydrogen (secondary N) is 1. The summed E-state index contributed by atoms with van der Waals surface area (Å²) in [5.41, 5.74) is 0.582. The highest BCUT2D eigenvalue weighted by atomic mass is 19.2. The molecule has 2 rings (SSSR count). The maximum atomic E-state index is 13.4. The van der Waals surface area contributed by atoms with E-state index in [2.05, 4.69) is 5.32 Å². The van der Waals surface area contributed by atoms with Crippen molar-refractivity contribution in [3.63, 3.8) is 0 Å². The summed E-state index contributed by atoms with van der Waals surface area (Å²) in [6.45, 7) is 1.74. The van der Waals surface area contributed by atoms with E-state index in [0.717, 1.165) is 6.07 Å². The van der Waals surface area contributed by atoms with Gasteiger partial charge in [0.15, 0.2) is 11.6 Å². The van der Waals surface area contributed by atoms with Crippen molar-refractivity contribution in [2.75, 3.05) is 5.32 Å². The van der Waals surface area contributed by atoms with Gasteiger partial charge in [0, 0.05) is 12.1 Å². The maximum absolute atomic E-state index is 13.4. The molecule has 2 aromatic rings. The zero-order valence-corrected chi connectivity index (χ0v) is 10.0. The van der Waals surface area contributed by atoms with Crippen LogP contribution in [0.4, 0.5) is 14.5 Å². The number of benzene rings is 1. The third kappa shape index (κ3) is 2.73. The molecule has 1 heterocycles. The van der Waals surface area contributed by atoms with Crippen LogP contribution in [0.15, 0.2) is 28.7 Å². The van der Waals surface area contributed by atoms with Crippen LogP contribution in [0, 0.1) is 18.6 Å². The van der Waals surface area contributed by atoms with Crippen LogP contribution in [0.1, 0.15) is 21.9 Å². The van der Waals surface area contributed by atoms with E-state index >= 15 is 0 Å². The highest BCUT2D eigenvalue weighted by molar-refractivity contribution is 5.84. The van der Waals surface area contributed by atoms with Gasteiger partial charge in [-0.2, -0.15) is 0 Å². The number of furan rings is 1. The summed E-state index contributed by atoms with van der Waals surface area (Å²) in [6.07, 6.45) is 0. The van der Waals surface area contributed by atoms with Gasteiger partial charge in [-0.1, -0.05) is 6.07 Å². The molecule has 0 saturated heterocycles. The monoisotopic (exact) mass is 267 g/mol. The van der Waals surface area contributed by atoms with Crippen LogP contribution >= 0.6 is 0 Å². The Hall–Kier alpha value is -2.37. The molecule has 1 aromatic carbocycles. The molecule has 2 N–H and O–H groups in total. The maximum Gasteiger partial charge on any atom is 0.371 e. The largest absolute Gasteiger partial charge is 0.475 e. The second-order valence-electron chi connectivity index (χ2n) is 3.95. The van der Waals surface area contributed by atoms with E-state index in [-0.39, 0.29) is 18.0 Å². The van der Waals surface area contributed by atoms with Crippen LogP contribution in [0.3, 0.4) is 0 Å². The summed E-state index contributed by atoms with van der Waals surface area (Å²) in [4.78, 5) is 10.7. The molecule has 100 valence electrons. The summed E-state index contributed by atoms with van der Waals surface area (Å²) >= 11 is 0. The minimum absolute atomic E-state index is 0.0116. The van der Waals surface area contributed by atoms with Gasteiger partial charge in [-0.15, -0.1) is 0 Å². The van der Waals surface area contributed by atoms with Gasteiger partial charge >= 0.3 is 5.97 Å². The Kier molecular flexibility index (Phi) is 3.50. The van der Waals surface area contributed by atoms with Crippen LogP contribution in [0.25, 0.3) is 0 Å². The highest BCUT2D eigenvalue weighted by Gasteiger charge is 2.14. The fourth-order valence-corrected chi connectivity index (χ4v) is 1.63. The Labute approximate surface area is 107 Å². The SMILES string of the molecule is Cc1oc(C(=O)O)cc1CNc1cccc(F)c1F. The molecule has 1 aromatic heterocycles. The van der Waals surface area contributed by atoms with Crippen molar-refractivity contribution in [2.45, 2.75) is 13.5 Å². The smallest absolute Gasteiger partial charge is 0.371 e. The van der Waals surface area contributed by atoms with Gasteiger partial charge in [0.2, 0.25) is 5.76 Å². The number of hydrogen-bond donors (Lipinski definition) is 2. The average molecular weight is 267 g/mol. The lowest BCUT2D eigenvalue weighted by Gasteiger charge is -2.06. The minimum atomic E-state index is -1.17. The van der Waals surface area contributed by atoms with Gasteiger partial charge in [0.25, 0.3) is 0 Å². The Balaban J connectivity index is 2.14. The van der Waals surface area contributed by atoms with Gasteiger partial charge < -0.3 is 14.8 Å². The summed E-state index contributed by atoms with van der Waals surface area (Å²) < 4.78 is 31.4. The quantitative estimate of drug-likeness (QED) is 0.893. The van der Waals surface area contributed by atoms with Crippen molar-refractivity contribution in [1.29, 1.82) is 0 Å². The van der Waals surface area contributed by atoms with E-state index in [1.165, 1.54) is 18.2 Å². The first-order chi connectivity index (χ1) is 8.99. The molecule has 6 heteroatoms. The van der Waals surface area contributed by atoms with Crippen molar-refractivity contribution in [2.24, 2.45) is 0 Å². The van der Waals surface area contributed by atoms with Crippen LogP contribution in [-0.4, -0.2) is 11.1 Å². The summed E-state index contributed by atoms with van der Waals surface area (Å²) in [6, 6.07) is 5.14. The molecule has 0 saturated carbocycles. The van der Waals surface area contributed by atoms with Gasteiger partial charge in [0.05, 0.1) is 5.69 Å². The first-order valence-electron chi connectivity index (χ1n) is 5.49. The zero-order chi connectivity index (χ0) is 14.0. The molecular formula is C13H11F2NO3. The number of carboxylic acids is 1. The molecule has 0 spiro atoms. The van der Waals surface area contributed by atoms with Gasteiger partial charge in [-0.3, -0.25) is 0 Å². The van der Waals surface area contributed by atoms with Crippen molar-refractivity contribution < 1.29 is 23.1 Å². The van der Waals surface area contributed by atoms with Crippen molar-refractivity contribution in [3.8, 4) is 0 Å². The van der Waals surface area contributed by atoms with E-state index in [4.69, 9.17) is 9.52 Å². The third-order valence-electron chi connectivity index (χ3n) is 2.65. The number of aryl methyl sites for hydroxylation is 1. The highest BCUT2D eigenvalue weighted by Crippen LogP contribution is 2.20.